The van der Waals surface area contributed by atoms with Gasteiger partial charge in [0.2, 0.25) is 5.91 Å². The summed E-state index contributed by atoms with van der Waals surface area (Å²) in [6.45, 7) is 0. The highest BCUT2D eigenvalue weighted by Crippen LogP contribution is 2.32. The van der Waals surface area contributed by atoms with E-state index in [9.17, 15) is 13.2 Å². The number of nitrogens with two attached hydrogens (primary N) is 1. The highest BCUT2D eigenvalue weighted by molar-refractivity contribution is 7.87. The van der Waals surface area contributed by atoms with Gasteiger partial charge in [-0.05, 0) is 6.42 Å². The number of benzene rings is 1. The average molecular weight is 353 g/mol. The van der Waals surface area contributed by atoms with Crippen LogP contribution in [0.3, 0.4) is 0 Å². The Labute approximate surface area is 137 Å². The van der Waals surface area contributed by atoms with E-state index < -0.39 is 28.2 Å². The summed E-state index contributed by atoms with van der Waals surface area (Å²) in [4.78, 5) is 11.5. The fraction of sp³-hybridized carbons (Fsp3) is 0.308. The van der Waals surface area contributed by atoms with Crippen LogP contribution in [0.25, 0.3) is 10.6 Å². The van der Waals surface area contributed by atoms with Gasteiger partial charge < -0.3 is 5.73 Å². The summed E-state index contributed by atoms with van der Waals surface area (Å²) in [7, 11) is -2.46. The number of primary amides is 1. The summed E-state index contributed by atoms with van der Waals surface area (Å²) >= 11 is 1.29. The zero-order valence-electron chi connectivity index (χ0n) is 12.2. The normalized spacial score (nSPS) is 24.4. The van der Waals surface area contributed by atoms with E-state index in [1.807, 2.05) is 30.3 Å². The van der Waals surface area contributed by atoms with Gasteiger partial charge in [0, 0.05) is 12.6 Å². The number of hydrogen-bond acceptors (Lipinski definition) is 6. The van der Waals surface area contributed by atoms with E-state index in [0.29, 0.717) is 10.0 Å². The van der Waals surface area contributed by atoms with Gasteiger partial charge in [-0.3, -0.25) is 4.79 Å². The molecule has 2 atom stereocenters. The third-order valence-electron chi connectivity index (χ3n) is 3.66. The van der Waals surface area contributed by atoms with Crippen LogP contribution in [0.15, 0.2) is 30.3 Å². The van der Waals surface area contributed by atoms with Crippen molar-refractivity contribution in [3.05, 3.63) is 35.3 Å². The van der Waals surface area contributed by atoms with E-state index in [4.69, 9.17) is 5.73 Å². The maximum atomic E-state index is 12.1. The van der Waals surface area contributed by atoms with Gasteiger partial charge in [-0.15, -0.1) is 10.2 Å². The van der Waals surface area contributed by atoms with E-state index in [1.165, 1.54) is 18.4 Å². The molecule has 0 saturated carbocycles. The van der Waals surface area contributed by atoms with Crippen LogP contribution in [0.1, 0.15) is 17.5 Å². The largest absolute Gasteiger partial charge is 0.368 e. The average Bonchev–Trinajstić information content (AvgIpc) is 3.00. The Morgan fingerprint density at radius 3 is 2.70 bits per heavy atom. The van der Waals surface area contributed by atoms with Crippen LogP contribution in [0.4, 0.5) is 0 Å². The molecule has 1 amide bonds. The second-order valence-electron chi connectivity index (χ2n) is 5.16. The third kappa shape index (κ3) is 3.11. The molecule has 10 heteroatoms. The Bertz CT molecular complexity index is 821. The van der Waals surface area contributed by atoms with E-state index in [1.54, 1.807) is 0 Å². The Kier molecular flexibility index (Phi) is 4.15. The first-order valence-electron chi connectivity index (χ1n) is 6.82. The predicted molar refractivity (Wildman–Crippen MR) is 85.5 cm³/mol. The van der Waals surface area contributed by atoms with Gasteiger partial charge in [-0.25, -0.2) is 0 Å². The summed E-state index contributed by atoms with van der Waals surface area (Å²) in [5.41, 5.74) is 6.21. The van der Waals surface area contributed by atoms with Crippen molar-refractivity contribution in [3.63, 3.8) is 0 Å². The van der Waals surface area contributed by atoms with Gasteiger partial charge >= 0.3 is 0 Å². The topological polar surface area (TPSA) is 118 Å². The van der Waals surface area contributed by atoms with Crippen LogP contribution in [0.2, 0.25) is 0 Å². The molecule has 1 fully saturated rings. The summed E-state index contributed by atoms with van der Waals surface area (Å²) in [6.07, 6.45) is 0.217. The van der Waals surface area contributed by atoms with E-state index in [0.717, 1.165) is 9.87 Å². The van der Waals surface area contributed by atoms with Crippen molar-refractivity contribution in [2.24, 2.45) is 5.73 Å². The van der Waals surface area contributed by atoms with E-state index >= 15 is 0 Å². The lowest BCUT2D eigenvalue weighted by Gasteiger charge is -2.34. The minimum atomic E-state index is -3.79. The first-order chi connectivity index (χ1) is 10.9. The Hall–Kier alpha value is -1.88. The second kappa shape index (κ2) is 5.96. The van der Waals surface area contributed by atoms with Crippen LogP contribution in [0, 0.1) is 0 Å². The molecule has 23 heavy (non-hydrogen) atoms. The number of carbonyl (C=O) groups is 1. The summed E-state index contributed by atoms with van der Waals surface area (Å²) < 4.78 is 27.7. The summed E-state index contributed by atoms with van der Waals surface area (Å²) in [5.74, 6) is -0.685. The first kappa shape index (κ1) is 16.0. The lowest BCUT2D eigenvalue weighted by atomic mass is 10.1. The molecular weight excluding hydrogens is 338 g/mol. The van der Waals surface area contributed by atoms with Crippen molar-refractivity contribution in [3.8, 4) is 10.6 Å². The molecule has 0 bridgehead atoms. The van der Waals surface area contributed by atoms with Crippen LogP contribution >= 0.6 is 11.3 Å². The number of amides is 1. The molecule has 0 spiro atoms. The monoisotopic (exact) mass is 353 g/mol. The number of nitrogens with zero attached hydrogens (tertiary/aromatic N) is 3. The Balaban J connectivity index is 1.90. The van der Waals surface area contributed by atoms with Crippen molar-refractivity contribution in [1.29, 1.82) is 0 Å². The minimum Gasteiger partial charge on any atom is -0.368 e. The van der Waals surface area contributed by atoms with E-state index in [-0.39, 0.29) is 6.42 Å². The van der Waals surface area contributed by atoms with Crippen LogP contribution < -0.4 is 10.5 Å². The van der Waals surface area contributed by atoms with Gasteiger partial charge in [-0.1, -0.05) is 41.7 Å². The zero-order valence-corrected chi connectivity index (χ0v) is 13.8. The molecule has 1 aliphatic rings. The number of hydrogen-bond donors (Lipinski definition) is 2. The number of aromatic nitrogens is 2. The van der Waals surface area contributed by atoms with Crippen molar-refractivity contribution in [2.75, 3.05) is 7.05 Å². The maximum absolute atomic E-state index is 12.1. The molecule has 122 valence electrons. The van der Waals surface area contributed by atoms with Gasteiger partial charge in [0.25, 0.3) is 10.2 Å². The van der Waals surface area contributed by atoms with Crippen molar-refractivity contribution in [2.45, 2.75) is 18.5 Å². The highest BCUT2D eigenvalue weighted by Gasteiger charge is 2.40. The van der Waals surface area contributed by atoms with Crippen LogP contribution in [-0.2, 0) is 15.0 Å². The summed E-state index contributed by atoms with van der Waals surface area (Å²) in [6, 6.07) is 7.94. The van der Waals surface area contributed by atoms with Gasteiger partial charge in [0.15, 0.2) is 0 Å². The molecule has 3 N–H and O–H groups in total. The number of carbonyl (C=O) groups excluding carboxylic acids is 1. The molecule has 1 saturated heterocycles. The van der Waals surface area contributed by atoms with Gasteiger partial charge in [0.05, 0.1) is 6.04 Å². The first-order valence-corrected chi connectivity index (χ1v) is 9.07. The number of nitrogens with one attached hydrogen (secondary N) is 1. The highest BCUT2D eigenvalue weighted by atomic mass is 32.2. The molecule has 8 nitrogen and oxygen atoms in total. The fourth-order valence-electron chi connectivity index (χ4n) is 2.37. The molecule has 2 heterocycles. The molecule has 2 aromatic rings. The van der Waals surface area contributed by atoms with Crippen LogP contribution in [-0.4, -0.2) is 41.9 Å². The third-order valence-corrected chi connectivity index (χ3v) is 6.34. The molecule has 0 radical (unpaired) electrons. The molecule has 0 aliphatic carbocycles. The molecule has 1 aromatic heterocycles. The van der Waals surface area contributed by atoms with Gasteiger partial charge in [-0.2, -0.15) is 17.4 Å². The predicted octanol–water partition coefficient (Wildman–Crippen LogP) is 0.270. The maximum Gasteiger partial charge on any atom is 0.280 e. The van der Waals surface area contributed by atoms with Crippen molar-refractivity contribution < 1.29 is 13.2 Å². The zero-order chi connectivity index (χ0) is 16.6. The molecule has 3 rings (SSSR count). The SMILES string of the molecule is CN1C(C(N)=O)CC(c2nnc(-c3ccccc3)s2)NS1(=O)=O. The lowest BCUT2D eigenvalue weighted by Crippen LogP contribution is -2.56. The number of rotatable bonds is 3. The van der Waals surface area contributed by atoms with Crippen molar-refractivity contribution in [1.82, 2.24) is 19.2 Å². The van der Waals surface area contributed by atoms with Crippen molar-refractivity contribution >= 4 is 27.5 Å². The minimum absolute atomic E-state index is 0.217. The smallest absolute Gasteiger partial charge is 0.280 e. The fourth-order valence-corrected chi connectivity index (χ4v) is 4.62. The summed E-state index contributed by atoms with van der Waals surface area (Å²) in [5, 5.41) is 9.37. The van der Waals surface area contributed by atoms with E-state index in [2.05, 4.69) is 14.9 Å². The second-order valence-corrected chi connectivity index (χ2v) is 7.93. The quantitative estimate of drug-likeness (QED) is 0.821. The molecule has 1 aromatic carbocycles. The van der Waals surface area contributed by atoms with Gasteiger partial charge in [0.1, 0.15) is 16.1 Å². The lowest BCUT2D eigenvalue weighted by molar-refractivity contribution is -0.122. The number of likely N-dealkylation sites (N-methyl/N-ethyl adjacent to an activating group) is 1. The molecule has 1 aliphatic heterocycles. The molecule has 2 unspecified atom stereocenters. The standard InChI is InChI=1S/C13H15N5O3S2/c1-18-10(11(14)19)7-9(17-23(18,20)21)13-16-15-12(22-13)8-5-3-2-4-6-8/h2-6,9-10,17H,7H2,1H3,(H2,14,19). The Morgan fingerprint density at radius 2 is 2.04 bits per heavy atom. The molecular formula is C13H15N5O3S2. The Morgan fingerprint density at radius 1 is 1.35 bits per heavy atom. The van der Waals surface area contributed by atoms with Crippen LogP contribution in [0.5, 0.6) is 0 Å².